The molecule has 0 saturated heterocycles. The van der Waals surface area contributed by atoms with Crippen LogP contribution in [-0.2, 0) is 0 Å². The Morgan fingerprint density at radius 2 is 2.00 bits per heavy atom. The van der Waals surface area contributed by atoms with E-state index in [0.717, 1.165) is 18.9 Å². The fourth-order valence-electron chi connectivity index (χ4n) is 5.04. The standard InChI is InChI=1S/C17H33NO/c1-5-6-13(8-10-19)12-18-15-16(2,3)14-7-9-17(15,4)11-14/h13-15,18-19H,5-12H2,1-4H3/t13?,14-,15?,17+/m0/s1. The van der Waals surface area contributed by atoms with Gasteiger partial charge in [-0.1, -0.05) is 34.1 Å². The molecule has 0 heterocycles. The first-order chi connectivity index (χ1) is 8.94. The van der Waals surface area contributed by atoms with Gasteiger partial charge in [-0.2, -0.15) is 0 Å². The van der Waals surface area contributed by atoms with E-state index >= 15 is 0 Å². The molecule has 0 spiro atoms. The Morgan fingerprint density at radius 3 is 2.53 bits per heavy atom. The molecule has 2 N–H and O–H groups in total. The van der Waals surface area contributed by atoms with E-state index in [2.05, 4.69) is 33.0 Å². The predicted molar refractivity (Wildman–Crippen MR) is 81.1 cm³/mol. The van der Waals surface area contributed by atoms with Gasteiger partial charge in [0.05, 0.1) is 0 Å². The molecule has 4 atom stereocenters. The lowest BCUT2D eigenvalue weighted by Crippen LogP contribution is -2.51. The largest absolute Gasteiger partial charge is 0.396 e. The van der Waals surface area contributed by atoms with Crippen LogP contribution in [0.4, 0.5) is 0 Å². The lowest BCUT2D eigenvalue weighted by molar-refractivity contribution is 0.103. The fraction of sp³-hybridized carbons (Fsp3) is 1.00. The molecule has 112 valence electrons. The van der Waals surface area contributed by atoms with Crippen LogP contribution >= 0.6 is 0 Å². The summed E-state index contributed by atoms with van der Waals surface area (Å²) in [5.74, 6) is 1.56. The highest BCUT2D eigenvalue weighted by Crippen LogP contribution is 2.62. The molecule has 2 unspecified atom stereocenters. The first-order valence-electron chi connectivity index (χ1n) is 8.28. The lowest BCUT2D eigenvalue weighted by Gasteiger charge is -2.44. The summed E-state index contributed by atoms with van der Waals surface area (Å²) in [7, 11) is 0. The number of aliphatic hydroxyl groups excluding tert-OH is 1. The summed E-state index contributed by atoms with van der Waals surface area (Å²) >= 11 is 0. The van der Waals surface area contributed by atoms with Crippen LogP contribution in [0.15, 0.2) is 0 Å². The minimum Gasteiger partial charge on any atom is -0.396 e. The van der Waals surface area contributed by atoms with Gasteiger partial charge in [0.25, 0.3) is 0 Å². The lowest BCUT2D eigenvalue weighted by atomic mass is 9.68. The van der Waals surface area contributed by atoms with E-state index < -0.39 is 0 Å². The monoisotopic (exact) mass is 267 g/mol. The smallest absolute Gasteiger partial charge is 0.0434 e. The molecule has 2 fully saturated rings. The molecule has 19 heavy (non-hydrogen) atoms. The van der Waals surface area contributed by atoms with Gasteiger partial charge in [-0.05, 0) is 61.3 Å². The minimum absolute atomic E-state index is 0.334. The van der Waals surface area contributed by atoms with Crippen molar-refractivity contribution in [1.29, 1.82) is 0 Å². The van der Waals surface area contributed by atoms with Gasteiger partial charge in [-0.3, -0.25) is 0 Å². The summed E-state index contributed by atoms with van der Waals surface area (Å²) in [6.07, 6.45) is 7.65. The summed E-state index contributed by atoms with van der Waals surface area (Å²) < 4.78 is 0. The molecule has 2 rings (SSSR count). The zero-order valence-corrected chi connectivity index (χ0v) is 13.3. The summed E-state index contributed by atoms with van der Waals surface area (Å²) in [4.78, 5) is 0. The van der Waals surface area contributed by atoms with Crippen molar-refractivity contribution in [1.82, 2.24) is 5.32 Å². The van der Waals surface area contributed by atoms with Gasteiger partial charge in [-0.15, -0.1) is 0 Å². The molecule has 0 aliphatic heterocycles. The van der Waals surface area contributed by atoms with Gasteiger partial charge in [-0.25, -0.2) is 0 Å². The average Bonchev–Trinajstić information content (AvgIpc) is 2.80. The maximum atomic E-state index is 9.19. The molecular weight excluding hydrogens is 234 g/mol. The van der Waals surface area contributed by atoms with Crippen molar-refractivity contribution in [2.75, 3.05) is 13.2 Å². The Morgan fingerprint density at radius 1 is 1.26 bits per heavy atom. The second-order valence-corrected chi connectivity index (χ2v) is 7.92. The Hall–Kier alpha value is -0.0800. The summed E-state index contributed by atoms with van der Waals surface area (Å²) in [5.41, 5.74) is 0.965. The number of rotatable bonds is 7. The molecule has 0 aromatic rings. The highest BCUT2D eigenvalue weighted by molar-refractivity contribution is 5.12. The van der Waals surface area contributed by atoms with E-state index in [1.807, 2.05) is 0 Å². The number of hydrogen-bond acceptors (Lipinski definition) is 2. The van der Waals surface area contributed by atoms with Crippen molar-refractivity contribution in [3.63, 3.8) is 0 Å². The molecule has 0 aromatic heterocycles. The number of hydrogen-bond donors (Lipinski definition) is 2. The Labute approximate surface area is 119 Å². The van der Waals surface area contributed by atoms with E-state index in [1.165, 1.54) is 32.1 Å². The Bertz CT molecular complexity index is 291. The van der Waals surface area contributed by atoms with E-state index in [1.54, 1.807) is 0 Å². The van der Waals surface area contributed by atoms with Crippen LogP contribution < -0.4 is 5.32 Å². The van der Waals surface area contributed by atoms with E-state index in [9.17, 15) is 5.11 Å². The maximum Gasteiger partial charge on any atom is 0.0434 e. The third-order valence-electron chi connectivity index (χ3n) is 6.11. The molecule has 0 amide bonds. The molecular formula is C17H33NO. The molecule has 2 bridgehead atoms. The van der Waals surface area contributed by atoms with Gasteiger partial charge < -0.3 is 10.4 Å². The molecule has 2 aliphatic rings. The van der Waals surface area contributed by atoms with E-state index in [-0.39, 0.29) is 0 Å². The minimum atomic E-state index is 0.334. The number of nitrogens with one attached hydrogen (secondary N) is 1. The third kappa shape index (κ3) is 2.85. The van der Waals surface area contributed by atoms with E-state index in [4.69, 9.17) is 0 Å². The maximum absolute atomic E-state index is 9.19. The Balaban J connectivity index is 1.94. The zero-order valence-electron chi connectivity index (χ0n) is 13.3. The van der Waals surface area contributed by atoms with Crippen LogP contribution in [-0.4, -0.2) is 24.3 Å². The number of fused-ring (bicyclic) bond motifs is 2. The SMILES string of the molecule is CCCC(CCO)CNC1C(C)(C)[C@H]2CC[C@]1(C)C2. The van der Waals surface area contributed by atoms with Crippen LogP contribution in [0.25, 0.3) is 0 Å². The van der Waals surface area contributed by atoms with Crippen molar-refractivity contribution in [2.45, 2.75) is 72.3 Å². The molecule has 2 nitrogen and oxygen atoms in total. The first kappa shape index (κ1) is 15.3. The van der Waals surface area contributed by atoms with Crippen LogP contribution in [0, 0.1) is 22.7 Å². The number of aliphatic hydroxyl groups is 1. The zero-order chi connectivity index (χ0) is 14.1. The van der Waals surface area contributed by atoms with Gasteiger partial charge in [0.1, 0.15) is 0 Å². The van der Waals surface area contributed by atoms with Gasteiger partial charge >= 0.3 is 0 Å². The van der Waals surface area contributed by atoms with Crippen molar-refractivity contribution >= 4 is 0 Å². The van der Waals surface area contributed by atoms with Gasteiger partial charge in [0.2, 0.25) is 0 Å². The Kier molecular flexibility index (Phi) is 4.62. The van der Waals surface area contributed by atoms with Gasteiger partial charge in [0, 0.05) is 12.6 Å². The molecule has 2 heteroatoms. The van der Waals surface area contributed by atoms with Crippen LogP contribution in [0.1, 0.15) is 66.2 Å². The van der Waals surface area contributed by atoms with Crippen molar-refractivity contribution in [3.8, 4) is 0 Å². The molecule has 2 aliphatic carbocycles. The second kappa shape index (κ2) is 5.73. The average molecular weight is 267 g/mol. The van der Waals surface area contributed by atoms with Crippen molar-refractivity contribution in [2.24, 2.45) is 22.7 Å². The normalized spacial score (nSPS) is 37.7. The summed E-state index contributed by atoms with van der Waals surface area (Å²) in [6.45, 7) is 11.1. The van der Waals surface area contributed by atoms with Crippen molar-refractivity contribution in [3.05, 3.63) is 0 Å². The predicted octanol–water partition coefficient (Wildman–Crippen LogP) is 3.59. The summed E-state index contributed by atoms with van der Waals surface area (Å²) in [5, 5.41) is 13.1. The third-order valence-corrected chi connectivity index (χ3v) is 6.11. The molecule has 0 aromatic carbocycles. The second-order valence-electron chi connectivity index (χ2n) is 7.92. The summed E-state index contributed by atoms with van der Waals surface area (Å²) in [6, 6.07) is 0.664. The highest BCUT2D eigenvalue weighted by atomic mass is 16.3. The van der Waals surface area contributed by atoms with Gasteiger partial charge in [0.15, 0.2) is 0 Å². The quantitative estimate of drug-likeness (QED) is 0.739. The van der Waals surface area contributed by atoms with Crippen LogP contribution in [0.3, 0.4) is 0 Å². The molecule has 0 radical (unpaired) electrons. The first-order valence-corrected chi connectivity index (χ1v) is 8.28. The van der Waals surface area contributed by atoms with Crippen molar-refractivity contribution < 1.29 is 5.11 Å². The van der Waals surface area contributed by atoms with Crippen LogP contribution in [0.2, 0.25) is 0 Å². The van der Waals surface area contributed by atoms with E-state index in [0.29, 0.717) is 29.4 Å². The van der Waals surface area contributed by atoms with Crippen LogP contribution in [0.5, 0.6) is 0 Å². The molecule has 2 saturated carbocycles. The fourth-order valence-corrected chi connectivity index (χ4v) is 5.04. The highest BCUT2D eigenvalue weighted by Gasteiger charge is 2.58. The topological polar surface area (TPSA) is 32.3 Å².